The average Bonchev–Trinajstić information content (AvgIpc) is 2.47. The van der Waals surface area contributed by atoms with E-state index in [2.05, 4.69) is 55.4 Å². The van der Waals surface area contributed by atoms with Crippen molar-refractivity contribution in [3.63, 3.8) is 0 Å². The zero-order valence-corrected chi connectivity index (χ0v) is 62.7. The first-order valence-corrected chi connectivity index (χ1v) is 41.2. The zero-order chi connectivity index (χ0) is 68.9. The minimum atomic E-state index is -4.95. The lowest BCUT2D eigenvalue weighted by molar-refractivity contribution is -0.161. The molecule has 552 valence electrons. The Kier molecular flexibility index (Phi) is 62.2. The third-order valence-corrected chi connectivity index (χ3v) is 19.3. The summed E-state index contributed by atoms with van der Waals surface area (Å²) < 4.78 is 68.4. The minimum absolute atomic E-state index is 0.102. The minimum Gasteiger partial charge on any atom is -0.462 e. The molecule has 0 spiro atoms. The number of unbranched alkanes of at least 4 members (excludes halogenated alkanes) is 36. The first kappa shape index (κ1) is 91.1. The molecule has 0 saturated carbocycles. The molecule has 93 heavy (non-hydrogen) atoms. The summed E-state index contributed by atoms with van der Waals surface area (Å²) in [4.78, 5) is 72.6. The van der Waals surface area contributed by atoms with E-state index in [0.29, 0.717) is 37.5 Å². The second-order valence-corrected chi connectivity index (χ2v) is 31.3. The molecular weight excluding hydrogens is 1220 g/mol. The number of aliphatic hydroxyl groups excluding tert-OH is 1. The van der Waals surface area contributed by atoms with E-state index in [0.717, 1.165) is 108 Å². The highest BCUT2D eigenvalue weighted by Gasteiger charge is 2.30. The fourth-order valence-electron chi connectivity index (χ4n) is 11.2. The Hall–Kier alpha value is -1.94. The number of carbonyl (C=O) groups is 4. The van der Waals surface area contributed by atoms with Crippen molar-refractivity contribution in [2.75, 3.05) is 39.6 Å². The maximum atomic E-state index is 13.0. The number of esters is 4. The Morgan fingerprint density at radius 3 is 0.763 bits per heavy atom. The van der Waals surface area contributed by atoms with E-state index >= 15 is 0 Å². The van der Waals surface area contributed by atoms with Crippen LogP contribution in [-0.2, 0) is 65.4 Å². The molecule has 0 radical (unpaired) electrons. The summed E-state index contributed by atoms with van der Waals surface area (Å²) in [6, 6.07) is 0. The van der Waals surface area contributed by atoms with Gasteiger partial charge in [0.1, 0.15) is 19.3 Å². The topological polar surface area (TPSA) is 237 Å². The van der Waals surface area contributed by atoms with Crippen LogP contribution in [-0.4, -0.2) is 96.7 Å². The molecule has 19 heteroatoms. The van der Waals surface area contributed by atoms with Gasteiger partial charge in [0.2, 0.25) is 0 Å². The van der Waals surface area contributed by atoms with Crippen molar-refractivity contribution in [3.05, 3.63) is 0 Å². The van der Waals surface area contributed by atoms with Gasteiger partial charge in [-0.05, 0) is 49.4 Å². The summed E-state index contributed by atoms with van der Waals surface area (Å²) in [7, 11) is -9.91. The SMILES string of the molecule is CCC(C)CCCCCCCCCCCCCCCCC(=O)O[C@H](COC(=O)CCCCCCCCCC(C)C)COP(=O)(O)OCC(O)COP(=O)(O)OC[C@@H](COC(=O)CCCCCCCCCCCCCCCC(C)C)OC(=O)CCCCCCCCC(C)C. The summed E-state index contributed by atoms with van der Waals surface area (Å²) in [6.07, 6.45) is 47.4. The number of hydrogen-bond donors (Lipinski definition) is 3. The van der Waals surface area contributed by atoms with Gasteiger partial charge in [0.25, 0.3) is 0 Å². The zero-order valence-electron chi connectivity index (χ0n) is 60.9. The van der Waals surface area contributed by atoms with E-state index in [1.165, 1.54) is 167 Å². The monoisotopic (exact) mass is 1370 g/mol. The number of aliphatic hydroxyl groups is 1. The van der Waals surface area contributed by atoms with Gasteiger partial charge in [0, 0.05) is 25.7 Å². The van der Waals surface area contributed by atoms with Crippen LogP contribution in [0.2, 0.25) is 0 Å². The maximum Gasteiger partial charge on any atom is 0.472 e. The third-order valence-electron chi connectivity index (χ3n) is 17.4. The second kappa shape index (κ2) is 63.5. The molecular formula is C74H144O17P2. The van der Waals surface area contributed by atoms with Gasteiger partial charge in [-0.2, -0.15) is 0 Å². The molecule has 0 aliphatic rings. The highest BCUT2D eigenvalue weighted by molar-refractivity contribution is 7.47. The van der Waals surface area contributed by atoms with Crippen molar-refractivity contribution in [3.8, 4) is 0 Å². The van der Waals surface area contributed by atoms with Crippen LogP contribution in [0.15, 0.2) is 0 Å². The molecule has 17 nitrogen and oxygen atoms in total. The van der Waals surface area contributed by atoms with Gasteiger partial charge in [-0.1, -0.05) is 319 Å². The molecule has 0 aromatic heterocycles. The molecule has 0 rings (SSSR count). The molecule has 0 amide bonds. The van der Waals surface area contributed by atoms with E-state index in [1.807, 2.05) is 0 Å². The van der Waals surface area contributed by atoms with Gasteiger partial charge in [-0.3, -0.25) is 37.3 Å². The van der Waals surface area contributed by atoms with E-state index in [-0.39, 0.29) is 25.7 Å². The largest absolute Gasteiger partial charge is 0.472 e. The van der Waals surface area contributed by atoms with E-state index in [4.69, 9.17) is 37.0 Å². The number of rotatable bonds is 71. The standard InChI is InChI=1S/C74H144O17P2/c1-9-67(8)53-45-37-28-22-18-14-10-11-15-20-24-30-40-48-56-73(78)90-69(60-85-72(77)55-47-39-31-25-27-35-43-51-65(4)5)62-88-92(80,81)86-58-68(75)59-87-93(82,83)89-63-70(91-74(79)57-49-41-33-32-36-44-52-66(6)7)61-84-71(76)54-46-38-29-23-19-16-12-13-17-21-26-34-42-50-64(2)3/h64-70,75H,9-63H2,1-8H3,(H,80,81)(H,82,83)/t67?,68?,69-,70-/m1/s1. The molecule has 4 unspecified atom stereocenters. The van der Waals surface area contributed by atoms with Gasteiger partial charge in [-0.15, -0.1) is 0 Å². The molecule has 0 saturated heterocycles. The predicted molar refractivity (Wildman–Crippen MR) is 377 cm³/mol. The Labute approximate surface area is 568 Å². The quantitative estimate of drug-likeness (QED) is 0.0222. The first-order chi connectivity index (χ1) is 44.6. The van der Waals surface area contributed by atoms with E-state index in [9.17, 15) is 43.2 Å². The van der Waals surface area contributed by atoms with Crippen molar-refractivity contribution in [1.29, 1.82) is 0 Å². The Balaban J connectivity index is 5.18. The van der Waals surface area contributed by atoms with Gasteiger partial charge in [0.05, 0.1) is 26.4 Å². The van der Waals surface area contributed by atoms with Crippen LogP contribution in [0.4, 0.5) is 0 Å². The Morgan fingerprint density at radius 2 is 0.516 bits per heavy atom. The fourth-order valence-corrected chi connectivity index (χ4v) is 12.7. The van der Waals surface area contributed by atoms with Crippen molar-refractivity contribution in [2.45, 2.75) is 388 Å². The summed E-state index contributed by atoms with van der Waals surface area (Å²) in [5.41, 5.74) is 0. The molecule has 6 atom stereocenters. The Morgan fingerprint density at radius 1 is 0.301 bits per heavy atom. The molecule has 0 bridgehead atoms. The predicted octanol–water partition coefficient (Wildman–Crippen LogP) is 21.3. The molecule has 0 aromatic rings. The first-order valence-electron chi connectivity index (χ1n) is 38.2. The van der Waals surface area contributed by atoms with E-state index in [1.54, 1.807) is 0 Å². The van der Waals surface area contributed by atoms with Crippen LogP contribution in [0.1, 0.15) is 370 Å². The van der Waals surface area contributed by atoms with Gasteiger partial charge < -0.3 is 33.8 Å². The molecule has 0 aliphatic carbocycles. The lowest BCUT2D eigenvalue weighted by Crippen LogP contribution is -2.30. The van der Waals surface area contributed by atoms with Crippen molar-refractivity contribution in [2.24, 2.45) is 23.7 Å². The number of hydrogen-bond acceptors (Lipinski definition) is 15. The third kappa shape index (κ3) is 67.0. The van der Waals surface area contributed by atoms with E-state index < -0.39 is 97.5 Å². The highest BCUT2D eigenvalue weighted by atomic mass is 31.2. The molecule has 0 heterocycles. The number of carbonyl (C=O) groups excluding carboxylic acids is 4. The number of ether oxygens (including phenoxy) is 4. The molecule has 0 aromatic carbocycles. The van der Waals surface area contributed by atoms with Crippen LogP contribution in [0.25, 0.3) is 0 Å². The van der Waals surface area contributed by atoms with Gasteiger partial charge >= 0.3 is 39.5 Å². The smallest absolute Gasteiger partial charge is 0.462 e. The number of phosphoric ester groups is 2. The average molecular weight is 1370 g/mol. The van der Waals surface area contributed by atoms with Gasteiger partial charge in [0.15, 0.2) is 12.2 Å². The maximum absolute atomic E-state index is 13.0. The Bertz CT molecular complexity index is 1840. The molecule has 3 N–H and O–H groups in total. The molecule has 0 aliphatic heterocycles. The van der Waals surface area contributed by atoms with Crippen LogP contribution in [0, 0.1) is 23.7 Å². The molecule has 0 fully saturated rings. The van der Waals surface area contributed by atoms with Crippen molar-refractivity contribution >= 4 is 39.5 Å². The van der Waals surface area contributed by atoms with Gasteiger partial charge in [-0.25, -0.2) is 9.13 Å². The van der Waals surface area contributed by atoms with Crippen LogP contribution in [0.5, 0.6) is 0 Å². The normalized spacial score (nSPS) is 14.5. The summed E-state index contributed by atoms with van der Waals surface area (Å²) in [5.74, 6) is 0.883. The highest BCUT2D eigenvalue weighted by Crippen LogP contribution is 2.45. The van der Waals surface area contributed by atoms with Crippen molar-refractivity contribution < 1.29 is 80.2 Å². The van der Waals surface area contributed by atoms with Crippen LogP contribution in [0.3, 0.4) is 0 Å². The summed E-state index contributed by atoms with van der Waals surface area (Å²) in [6.45, 7) is 14.1. The summed E-state index contributed by atoms with van der Waals surface area (Å²) >= 11 is 0. The van der Waals surface area contributed by atoms with Crippen molar-refractivity contribution in [1.82, 2.24) is 0 Å². The number of phosphoric acid groups is 2. The van der Waals surface area contributed by atoms with Crippen LogP contribution >= 0.6 is 15.6 Å². The van der Waals surface area contributed by atoms with Crippen LogP contribution < -0.4 is 0 Å². The summed E-state index contributed by atoms with van der Waals surface area (Å²) in [5, 5.41) is 10.6. The second-order valence-electron chi connectivity index (χ2n) is 28.4. The lowest BCUT2D eigenvalue weighted by Gasteiger charge is -2.21. The lowest BCUT2D eigenvalue weighted by atomic mass is 9.99. The fraction of sp³-hybridized carbons (Fsp3) is 0.946.